The second kappa shape index (κ2) is 6.43. The third-order valence-corrected chi connectivity index (χ3v) is 3.28. The highest BCUT2D eigenvalue weighted by atomic mass is 16.2. The Morgan fingerprint density at radius 1 is 1.09 bits per heavy atom. The maximum Gasteiger partial charge on any atom is 0.275 e. The topological polar surface area (TPSA) is 101 Å². The fourth-order valence-electron chi connectivity index (χ4n) is 2.08. The van der Waals surface area contributed by atoms with E-state index in [1.54, 1.807) is 40.1 Å². The van der Waals surface area contributed by atoms with E-state index in [1.165, 1.54) is 17.3 Å². The van der Waals surface area contributed by atoms with Gasteiger partial charge in [0, 0.05) is 20.3 Å². The molecule has 0 aromatic carbocycles. The van der Waals surface area contributed by atoms with Crippen LogP contribution in [0.1, 0.15) is 32.0 Å². The normalized spacial score (nSPS) is 10.3. The molecule has 0 radical (unpaired) electrons. The Kier molecular flexibility index (Phi) is 4.59. The molecule has 7 nitrogen and oxygen atoms in total. The summed E-state index contributed by atoms with van der Waals surface area (Å²) in [6.07, 6.45) is 2.87. The van der Waals surface area contributed by atoms with Crippen LogP contribution in [0.2, 0.25) is 0 Å². The summed E-state index contributed by atoms with van der Waals surface area (Å²) < 4.78 is 0. The largest absolute Gasteiger partial charge is 0.397 e. The van der Waals surface area contributed by atoms with E-state index in [4.69, 9.17) is 5.73 Å². The molecule has 0 aliphatic carbocycles. The molecule has 2 aromatic rings. The van der Waals surface area contributed by atoms with Gasteiger partial charge in [0.15, 0.2) is 0 Å². The zero-order chi connectivity index (χ0) is 17.1. The molecular formula is C16H19N5O2. The molecule has 0 saturated heterocycles. The van der Waals surface area contributed by atoms with Crippen molar-refractivity contribution in [3.8, 4) is 0 Å². The molecule has 0 saturated carbocycles. The lowest BCUT2D eigenvalue weighted by Crippen LogP contribution is -2.22. The van der Waals surface area contributed by atoms with Gasteiger partial charge in [0.1, 0.15) is 11.5 Å². The lowest BCUT2D eigenvalue weighted by molar-refractivity contribution is 0.0827. The first-order valence-electron chi connectivity index (χ1n) is 7.01. The standard InChI is InChI=1S/C16H19N5O2/c1-9-6-12(17)8-18-13(9)15(22)20-14-10(2)5-11(7-19-14)16(23)21(3)4/h5-8H,17H2,1-4H3,(H,19,20,22). The quantitative estimate of drug-likeness (QED) is 0.897. The van der Waals surface area contributed by atoms with Crippen LogP contribution in [0.25, 0.3) is 0 Å². The van der Waals surface area contributed by atoms with E-state index in [2.05, 4.69) is 15.3 Å². The van der Waals surface area contributed by atoms with E-state index in [9.17, 15) is 9.59 Å². The minimum Gasteiger partial charge on any atom is -0.397 e. The summed E-state index contributed by atoms with van der Waals surface area (Å²) in [6, 6.07) is 3.37. The zero-order valence-corrected chi connectivity index (χ0v) is 13.5. The minimum absolute atomic E-state index is 0.144. The molecule has 0 fully saturated rings. The Hall–Kier alpha value is -2.96. The molecular weight excluding hydrogens is 294 g/mol. The van der Waals surface area contributed by atoms with E-state index < -0.39 is 0 Å². The number of pyridine rings is 2. The Balaban J connectivity index is 2.23. The smallest absolute Gasteiger partial charge is 0.275 e. The highest BCUT2D eigenvalue weighted by Crippen LogP contribution is 2.16. The van der Waals surface area contributed by atoms with Crippen molar-refractivity contribution in [2.75, 3.05) is 25.1 Å². The van der Waals surface area contributed by atoms with Gasteiger partial charge in [-0.25, -0.2) is 9.97 Å². The number of nitrogens with two attached hydrogens (primary N) is 1. The molecule has 23 heavy (non-hydrogen) atoms. The molecule has 7 heteroatoms. The van der Waals surface area contributed by atoms with Crippen LogP contribution in [0, 0.1) is 13.8 Å². The van der Waals surface area contributed by atoms with Gasteiger partial charge in [0.25, 0.3) is 11.8 Å². The Morgan fingerprint density at radius 2 is 1.78 bits per heavy atom. The average Bonchev–Trinajstić information content (AvgIpc) is 2.48. The number of nitrogens with one attached hydrogen (secondary N) is 1. The lowest BCUT2D eigenvalue weighted by Gasteiger charge is -2.12. The number of hydrogen-bond acceptors (Lipinski definition) is 5. The number of hydrogen-bond donors (Lipinski definition) is 2. The summed E-state index contributed by atoms with van der Waals surface area (Å²) in [6.45, 7) is 3.54. The summed E-state index contributed by atoms with van der Waals surface area (Å²) in [5, 5.41) is 2.70. The van der Waals surface area contributed by atoms with Gasteiger partial charge in [-0.3, -0.25) is 9.59 Å². The molecule has 2 amide bonds. The fourth-order valence-corrected chi connectivity index (χ4v) is 2.08. The molecule has 0 atom stereocenters. The van der Waals surface area contributed by atoms with Gasteiger partial charge in [0.05, 0.1) is 17.4 Å². The van der Waals surface area contributed by atoms with Gasteiger partial charge in [0.2, 0.25) is 0 Å². The van der Waals surface area contributed by atoms with Crippen molar-refractivity contribution >= 4 is 23.3 Å². The van der Waals surface area contributed by atoms with Crippen molar-refractivity contribution in [2.24, 2.45) is 0 Å². The Bertz CT molecular complexity index is 771. The van der Waals surface area contributed by atoms with Crippen molar-refractivity contribution in [2.45, 2.75) is 13.8 Å². The van der Waals surface area contributed by atoms with Gasteiger partial charge in [-0.05, 0) is 37.1 Å². The van der Waals surface area contributed by atoms with E-state index in [0.717, 1.165) is 0 Å². The number of carbonyl (C=O) groups is 2. The van der Waals surface area contributed by atoms with Crippen LogP contribution in [-0.4, -0.2) is 40.8 Å². The monoisotopic (exact) mass is 313 g/mol. The molecule has 0 aliphatic rings. The van der Waals surface area contributed by atoms with Crippen molar-refractivity contribution in [3.63, 3.8) is 0 Å². The first kappa shape index (κ1) is 16.4. The molecule has 0 spiro atoms. The van der Waals surface area contributed by atoms with Gasteiger partial charge < -0.3 is 16.0 Å². The van der Waals surface area contributed by atoms with Crippen molar-refractivity contribution in [1.29, 1.82) is 0 Å². The lowest BCUT2D eigenvalue weighted by atomic mass is 10.1. The van der Waals surface area contributed by atoms with Crippen LogP contribution in [0.15, 0.2) is 24.5 Å². The first-order chi connectivity index (χ1) is 10.8. The summed E-state index contributed by atoms with van der Waals surface area (Å²) in [5.74, 6) is -0.123. The fraction of sp³-hybridized carbons (Fsp3) is 0.250. The van der Waals surface area contributed by atoms with Crippen LogP contribution in [0.3, 0.4) is 0 Å². The van der Waals surface area contributed by atoms with Gasteiger partial charge in [-0.1, -0.05) is 0 Å². The van der Waals surface area contributed by atoms with Gasteiger partial charge in [-0.15, -0.1) is 0 Å². The maximum absolute atomic E-state index is 12.3. The zero-order valence-electron chi connectivity index (χ0n) is 13.5. The molecule has 2 rings (SSSR count). The number of aromatic nitrogens is 2. The van der Waals surface area contributed by atoms with E-state index in [-0.39, 0.29) is 17.5 Å². The predicted molar refractivity (Wildman–Crippen MR) is 88.3 cm³/mol. The van der Waals surface area contributed by atoms with Crippen LogP contribution >= 0.6 is 0 Å². The highest BCUT2D eigenvalue weighted by Gasteiger charge is 2.15. The molecule has 2 aromatic heterocycles. The number of nitrogens with zero attached hydrogens (tertiary/aromatic N) is 3. The van der Waals surface area contributed by atoms with Gasteiger partial charge >= 0.3 is 0 Å². The van der Waals surface area contributed by atoms with Crippen molar-refractivity contribution in [1.82, 2.24) is 14.9 Å². The predicted octanol–water partition coefficient (Wildman–Crippen LogP) is 1.63. The van der Waals surface area contributed by atoms with Crippen LogP contribution in [-0.2, 0) is 0 Å². The van der Waals surface area contributed by atoms with E-state index in [1.807, 2.05) is 0 Å². The number of rotatable bonds is 3. The van der Waals surface area contributed by atoms with E-state index in [0.29, 0.717) is 28.2 Å². The maximum atomic E-state index is 12.3. The first-order valence-corrected chi connectivity index (χ1v) is 7.01. The molecule has 3 N–H and O–H groups in total. The Morgan fingerprint density at radius 3 is 2.35 bits per heavy atom. The third kappa shape index (κ3) is 3.63. The average molecular weight is 313 g/mol. The molecule has 0 aliphatic heterocycles. The summed E-state index contributed by atoms with van der Waals surface area (Å²) in [4.78, 5) is 33.9. The summed E-state index contributed by atoms with van der Waals surface area (Å²) in [5.41, 5.74) is 8.26. The number of nitrogen functional groups attached to an aromatic ring is 1. The van der Waals surface area contributed by atoms with Crippen LogP contribution in [0.5, 0.6) is 0 Å². The van der Waals surface area contributed by atoms with E-state index >= 15 is 0 Å². The van der Waals surface area contributed by atoms with Crippen LogP contribution < -0.4 is 11.1 Å². The van der Waals surface area contributed by atoms with Crippen LogP contribution in [0.4, 0.5) is 11.5 Å². The van der Waals surface area contributed by atoms with Crippen molar-refractivity contribution in [3.05, 3.63) is 46.9 Å². The number of amides is 2. The molecule has 0 bridgehead atoms. The number of carbonyl (C=O) groups excluding carboxylic acids is 2. The number of aryl methyl sites for hydroxylation is 2. The summed E-state index contributed by atoms with van der Waals surface area (Å²) in [7, 11) is 3.34. The highest BCUT2D eigenvalue weighted by molar-refractivity contribution is 6.04. The molecule has 2 heterocycles. The minimum atomic E-state index is -0.371. The Labute approximate surface area is 134 Å². The van der Waals surface area contributed by atoms with Gasteiger partial charge in [-0.2, -0.15) is 0 Å². The molecule has 120 valence electrons. The van der Waals surface area contributed by atoms with Crippen molar-refractivity contribution < 1.29 is 9.59 Å². The SMILES string of the molecule is Cc1cc(C(=O)N(C)C)cnc1NC(=O)c1ncc(N)cc1C. The second-order valence-electron chi connectivity index (χ2n) is 5.48. The number of anilines is 2. The third-order valence-electron chi connectivity index (χ3n) is 3.28. The second-order valence-corrected chi connectivity index (χ2v) is 5.48. The molecule has 0 unspecified atom stereocenters. The summed E-state index contributed by atoms with van der Waals surface area (Å²) >= 11 is 0.